The topological polar surface area (TPSA) is 163 Å². The number of benzene rings is 1. The van der Waals surface area contributed by atoms with Crippen LogP contribution in [-0.2, 0) is 20.7 Å². The van der Waals surface area contributed by atoms with E-state index in [0.717, 1.165) is 11.1 Å². The number of hydrogen-bond acceptors (Lipinski definition) is 8. The number of aliphatic carboxylic acids is 2. The van der Waals surface area contributed by atoms with Crippen molar-refractivity contribution in [1.82, 2.24) is 0 Å². The van der Waals surface area contributed by atoms with Gasteiger partial charge in [0.05, 0.1) is 0 Å². The van der Waals surface area contributed by atoms with Crippen LogP contribution in [0.15, 0.2) is 0 Å². The van der Waals surface area contributed by atoms with Crippen LogP contribution in [-0.4, -0.2) is 73.8 Å². The third-order valence-corrected chi connectivity index (χ3v) is 6.48. The third kappa shape index (κ3) is 4.40. The lowest BCUT2D eigenvalue weighted by Crippen LogP contribution is -2.61. The fourth-order valence-corrected chi connectivity index (χ4v) is 4.27. The molecule has 5 N–H and O–H groups in total. The Hall–Kier alpha value is -2.40. The molecule has 2 heterocycles. The summed E-state index contributed by atoms with van der Waals surface area (Å²) in [7, 11) is 0. The minimum atomic E-state index is -1.80. The van der Waals surface area contributed by atoms with Gasteiger partial charge in [0.15, 0.2) is 6.10 Å². The second kappa shape index (κ2) is 8.86. The molecule has 6 atom stereocenters. The van der Waals surface area contributed by atoms with Gasteiger partial charge in [-0.05, 0) is 63.6 Å². The van der Waals surface area contributed by atoms with Crippen LogP contribution in [0.3, 0.4) is 0 Å². The Balaban J connectivity index is 1.91. The molecule has 10 nitrogen and oxygen atoms in total. The Bertz CT molecular complexity index is 913. The Kier molecular flexibility index (Phi) is 6.71. The molecule has 2 aliphatic heterocycles. The van der Waals surface area contributed by atoms with Crippen molar-refractivity contribution >= 4 is 11.9 Å². The number of aliphatic hydroxyl groups excluding tert-OH is 3. The van der Waals surface area contributed by atoms with Crippen LogP contribution in [0.1, 0.15) is 48.4 Å². The summed E-state index contributed by atoms with van der Waals surface area (Å²) in [6.45, 7) is 7.30. The quantitative estimate of drug-likeness (QED) is 0.416. The highest BCUT2D eigenvalue weighted by atomic mass is 16.7. The van der Waals surface area contributed by atoms with E-state index in [4.69, 9.17) is 19.3 Å². The summed E-state index contributed by atoms with van der Waals surface area (Å²) >= 11 is 0. The van der Waals surface area contributed by atoms with Crippen LogP contribution >= 0.6 is 0 Å². The van der Waals surface area contributed by atoms with Gasteiger partial charge in [-0.25, -0.2) is 4.79 Å². The molecule has 0 bridgehead atoms. The molecule has 3 rings (SSSR count). The summed E-state index contributed by atoms with van der Waals surface area (Å²) in [6, 6.07) is 0. The van der Waals surface area contributed by atoms with E-state index >= 15 is 0 Å². The molecule has 10 heteroatoms. The maximum absolute atomic E-state index is 11.4. The monoisotopic (exact) mass is 454 g/mol. The number of carboxylic acids is 2. The lowest BCUT2D eigenvalue weighted by molar-refractivity contribution is -0.271. The van der Waals surface area contributed by atoms with E-state index in [9.17, 15) is 30.0 Å². The van der Waals surface area contributed by atoms with Gasteiger partial charge in [0.1, 0.15) is 35.4 Å². The summed E-state index contributed by atoms with van der Waals surface area (Å²) in [6.07, 6.45) is -6.89. The van der Waals surface area contributed by atoms with Gasteiger partial charge in [0.25, 0.3) is 0 Å². The molecule has 0 amide bonds. The largest absolute Gasteiger partial charge is 0.487 e. The average Bonchev–Trinajstić information content (AvgIpc) is 2.73. The second-order valence-corrected chi connectivity index (χ2v) is 8.81. The zero-order chi connectivity index (χ0) is 24.0. The van der Waals surface area contributed by atoms with Gasteiger partial charge < -0.3 is 39.7 Å². The molecule has 1 unspecified atom stereocenters. The number of carboxylic acid groups (broad SMARTS) is 2. The predicted octanol–water partition coefficient (Wildman–Crippen LogP) is 0.831. The molecule has 1 fully saturated rings. The van der Waals surface area contributed by atoms with Gasteiger partial charge in [0, 0.05) is 12.0 Å². The lowest BCUT2D eigenvalue weighted by Gasteiger charge is -2.40. The average molecular weight is 454 g/mol. The van der Waals surface area contributed by atoms with Gasteiger partial charge in [0.2, 0.25) is 6.29 Å². The molecule has 1 aromatic carbocycles. The predicted molar refractivity (Wildman–Crippen MR) is 110 cm³/mol. The van der Waals surface area contributed by atoms with E-state index in [2.05, 4.69) is 0 Å². The van der Waals surface area contributed by atoms with E-state index in [1.54, 1.807) is 13.8 Å². The van der Waals surface area contributed by atoms with Crippen molar-refractivity contribution in [3.63, 3.8) is 0 Å². The Morgan fingerprint density at radius 3 is 2.28 bits per heavy atom. The normalized spacial score (nSPS) is 32.0. The number of aliphatic hydroxyl groups is 3. The van der Waals surface area contributed by atoms with E-state index in [-0.39, 0.29) is 6.42 Å². The lowest BCUT2D eigenvalue weighted by atomic mass is 9.85. The van der Waals surface area contributed by atoms with Crippen molar-refractivity contribution in [2.24, 2.45) is 0 Å². The van der Waals surface area contributed by atoms with Crippen LogP contribution in [0.2, 0.25) is 0 Å². The molecular formula is C22H30O10. The van der Waals surface area contributed by atoms with Crippen LogP contribution in [0.25, 0.3) is 0 Å². The number of hydrogen-bond donors (Lipinski definition) is 5. The van der Waals surface area contributed by atoms with Crippen LogP contribution in [0, 0.1) is 20.8 Å². The highest BCUT2D eigenvalue weighted by Gasteiger charge is 2.48. The third-order valence-electron chi connectivity index (χ3n) is 6.48. The smallest absolute Gasteiger partial charge is 0.335 e. The maximum atomic E-state index is 11.4. The first-order valence-corrected chi connectivity index (χ1v) is 10.5. The minimum Gasteiger partial charge on any atom is -0.487 e. The highest BCUT2D eigenvalue weighted by molar-refractivity contribution is 5.73. The molecule has 2 aliphatic rings. The Morgan fingerprint density at radius 2 is 1.69 bits per heavy atom. The molecule has 1 saturated heterocycles. The van der Waals surface area contributed by atoms with Crippen molar-refractivity contribution in [3.8, 4) is 11.5 Å². The van der Waals surface area contributed by atoms with E-state index in [1.165, 1.54) is 0 Å². The molecule has 32 heavy (non-hydrogen) atoms. The zero-order valence-electron chi connectivity index (χ0n) is 18.5. The van der Waals surface area contributed by atoms with Crippen molar-refractivity contribution in [1.29, 1.82) is 0 Å². The van der Waals surface area contributed by atoms with Crippen molar-refractivity contribution in [2.45, 2.75) is 89.7 Å². The van der Waals surface area contributed by atoms with E-state index in [0.29, 0.717) is 41.9 Å². The number of carbonyl (C=O) groups is 2. The summed E-state index contributed by atoms with van der Waals surface area (Å²) in [5, 5.41) is 48.5. The fourth-order valence-electron chi connectivity index (χ4n) is 4.27. The Labute approximate surface area is 185 Å². The molecular weight excluding hydrogens is 424 g/mol. The summed E-state index contributed by atoms with van der Waals surface area (Å²) in [4.78, 5) is 22.4. The fraction of sp³-hybridized carbons (Fsp3) is 0.636. The number of fused-ring (bicyclic) bond motifs is 1. The first kappa shape index (κ1) is 24.2. The zero-order valence-corrected chi connectivity index (χ0v) is 18.5. The first-order chi connectivity index (χ1) is 14.9. The number of ether oxygens (including phenoxy) is 3. The molecule has 0 aromatic heterocycles. The molecule has 0 radical (unpaired) electrons. The Morgan fingerprint density at radius 1 is 1.03 bits per heavy atom. The van der Waals surface area contributed by atoms with Gasteiger partial charge in [-0.15, -0.1) is 0 Å². The van der Waals surface area contributed by atoms with Gasteiger partial charge in [-0.1, -0.05) is 0 Å². The maximum Gasteiger partial charge on any atom is 0.335 e. The molecule has 0 spiro atoms. The minimum absolute atomic E-state index is 0.000130. The van der Waals surface area contributed by atoms with Crippen LogP contribution in [0.5, 0.6) is 11.5 Å². The molecule has 1 aromatic rings. The van der Waals surface area contributed by atoms with E-state index < -0.39 is 48.2 Å². The second-order valence-electron chi connectivity index (χ2n) is 8.81. The van der Waals surface area contributed by atoms with Crippen LogP contribution < -0.4 is 9.47 Å². The van der Waals surface area contributed by atoms with Crippen molar-refractivity contribution < 1.29 is 49.3 Å². The van der Waals surface area contributed by atoms with Crippen molar-refractivity contribution in [3.05, 3.63) is 22.3 Å². The van der Waals surface area contributed by atoms with E-state index in [1.807, 2.05) is 13.8 Å². The summed E-state index contributed by atoms with van der Waals surface area (Å²) < 4.78 is 17.4. The molecule has 0 aliphatic carbocycles. The van der Waals surface area contributed by atoms with Crippen molar-refractivity contribution in [2.75, 3.05) is 0 Å². The van der Waals surface area contributed by atoms with Crippen LogP contribution in [0.4, 0.5) is 0 Å². The van der Waals surface area contributed by atoms with Gasteiger partial charge in [-0.2, -0.15) is 0 Å². The summed E-state index contributed by atoms with van der Waals surface area (Å²) in [5.74, 6) is -1.33. The summed E-state index contributed by atoms with van der Waals surface area (Å²) in [5.41, 5.74) is 2.41. The number of rotatable bonds is 6. The first-order valence-electron chi connectivity index (χ1n) is 10.5. The van der Waals surface area contributed by atoms with Gasteiger partial charge >= 0.3 is 11.9 Å². The SMILES string of the molecule is Cc1c(C)c2c(c(C)c1O[C@@H]1O[C@H](C(=O)O)[C@@H](O)[C@H](O)[C@H]1O)CCC(C)(CCC(=O)O)O2. The van der Waals surface area contributed by atoms with Gasteiger partial charge in [-0.3, -0.25) is 4.79 Å². The molecule has 178 valence electrons. The molecule has 0 saturated carbocycles. The highest BCUT2D eigenvalue weighted by Crippen LogP contribution is 2.45. The standard InChI is InChI=1S/C22H30O10/c1-9-10(2)18-12(5-7-22(4,32-18)8-6-13(23)24)11(3)17(9)30-21-16(27)14(25)15(26)19(31-21)20(28)29/h14-16,19,21,25-27H,5-8H2,1-4H3,(H,23,24)(H,28,29)/t14-,15-,16+,19-,21+,22?/m0/s1.